The fraction of sp³-hybridized carbons (Fsp3) is 0.0667. The molecule has 2 aromatic carbocycles. The van der Waals surface area contributed by atoms with Crippen molar-refractivity contribution in [1.82, 2.24) is 0 Å². The summed E-state index contributed by atoms with van der Waals surface area (Å²) in [5, 5.41) is 0. The van der Waals surface area contributed by atoms with Crippen LogP contribution in [0.2, 0.25) is 0 Å². The molecule has 19 heavy (non-hydrogen) atoms. The van der Waals surface area contributed by atoms with Crippen LogP contribution in [0.5, 0.6) is 5.75 Å². The van der Waals surface area contributed by atoms with Gasteiger partial charge in [0, 0.05) is 11.1 Å². The first-order valence-corrected chi connectivity index (χ1v) is 7.51. The average Bonchev–Trinajstić information content (AvgIpc) is 2.56. The van der Waals surface area contributed by atoms with Crippen LogP contribution in [-0.4, -0.2) is 14.2 Å². The van der Waals surface area contributed by atoms with Gasteiger partial charge in [-0.05, 0) is 5.56 Å². The van der Waals surface area contributed by atoms with Crippen molar-refractivity contribution in [2.45, 2.75) is 0 Å². The molecule has 4 heteroatoms. The minimum Gasteiger partial charge on any atom is -0.381 e. The lowest BCUT2D eigenvalue weighted by Crippen LogP contribution is -2.11. The van der Waals surface area contributed by atoms with Crippen molar-refractivity contribution in [1.29, 1.82) is 0 Å². The number of para-hydroxylation sites is 1. The van der Waals surface area contributed by atoms with Crippen LogP contribution in [0.4, 0.5) is 0 Å². The van der Waals surface area contributed by atoms with Crippen molar-refractivity contribution in [3.8, 4) is 16.9 Å². The van der Waals surface area contributed by atoms with Crippen molar-refractivity contribution in [3.63, 3.8) is 0 Å². The minimum atomic E-state index is -3.55. The second-order valence-electron chi connectivity index (χ2n) is 4.30. The first-order chi connectivity index (χ1) is 9.16. The molecule has 0 spiro atoms. The van der Waals surface area contributed by atoms with Gasteiger partial charge in [-0.15, -0.1) is 0 Å². The Morgan fingerprint density at radius 3 is 2.53 bits per heavy atom. The van der Waals surface area contributed by atoms with E-state index in [2.05, 4.69) is 0 Å². The number of benzene rings is 2. The first kappa shape index (κ1) is 12.0. The molecule has 0 aromatic heterocycles. The van der Waals surface area contributed by atoms with Gasteiger partial charge in [-0.2, -0.15) is 8.42 Å². The molecular weight excluding hydrogens is 260 g/mol. The lowest BCUT2D eigenvalue weighted by molar-refractivity contribution is 0.491. The number of hydrogen-bond donors (Lipinski definition) is 0. The highest BCUT2D eigenvalue weighted by Crippen LogP contribution is 2.36. The van der Waals surface area contributed by atoms with E-state index < -0.39 is 10.1 Å². The molecule has 3 rings (SSSR count). The monoisotopic (exact) mass is 272 g/mol. The summed E-state index contributed by atoms with van der Waals surface area (Å²) in [5.74, 6) is 0.304. The van der Waals surface area contributed by atoms with Crippen LogP contribution in [0, 0.1) is 0 Å². The van der Waals surface area contributed by atoms with Gasteiger partial charge in [0.15, 0.2) is 5.75 Å². The zero-order valence-electron chi connectivity index (χ0n) is 10.1. The maximum Gasteiger partial charge on any atom is 0.312 e. The second-order valence-corrected chi connectivity index (χ2v) is 5.92. The predicted molar refractivity (Wildman–Crippen MR) is 75.3 cm³/mol. The normalized spacial score (nSPS) is 16.2. The third-order valence-electron chi connectivity index (χ3n) is 2.94. The van der Waals surface area contributed by atoms with E-state index in [9.17, 15) is 8.42 Å². The standard InChI is InChI=1S/C15H12O3S/c16-19(17)11-5-9-13-8-4-10-14(15(13)18-19)12-6-2-1-3-7-12/h1-10H,11H2. The minimum absolute atomic E-state index is 0.101. The van der Waals surface area contributed by atoms with Gasteiger partial charge in [-0.1, -0.05) is 60.7 Å². The zero-order valence-corrected chi connectivity index (χ0v) is 10.9. The Hall–Kier alpha value is -2.07. The summed E-state index contributed by atoms with van der Waals surface area (Å²) in [5.41, 5.74) is 2.50. The molecule has 0 radical (unpaired) electrons. The molecule has 2 aromatic rings. The predicted octanol–water partition coefficient (Wildman–Crippen LogP) is 3.09. The van der Waals surface area contributed by atoms with E-state index in [1.807, 2.05) is 48.5 Å². The summed E-state index contributed by atoms with van der Waals surface area (Å²) < 4.78 is 28.7. The highest BCUT2D eigenvalue weighted by Gasteiger charge is 2.20. The molecule has 0 amide bonds. The van der Waals surface area contributed by atoms with E-state index in [4.69, 9.17) is 4.18 Å². The van der Waals surface area contributed by atoms with Crippen LogP contribution in [0.3, 0.4) is 0 Å². The van der Waals surface area contributed by atoms with E-state index >= 15 is 0 Å². The van der Waals surface area contributed by atoms with E-state index in [0.29, 0.717) is 5.75 Å². The molecule has 1 aliphatic rings. The summed E-state index contributed by atoms with van der Waals surface area (Å²) in [4.78, 5) is 0. The Balaban J connectivity index is 2.22. The molecule has 96 valence electrons. The van der Waals surface area contributed by atoms with Gasteiger partial charge >= 0.3 is 10.1 Å². The Kier molecular flexibility index (Phi) is 2.87. The molecule has 0 aliphatic carbocycles. The van der Waals surface area contributed by atoms with Gasteiger partial charge in [0.05, 0.1) is 0 Å². The highest BCUT2D eigenvalue weighted by atomic mass is 32.2. The van der Waals surface area contributed by atoms with Gasteiger partial charge in [0.2, 0.25) is 0 Å². The maximum atomic E-state index is 11.7. The Bertz CT molecular complexity index is 731. The van der Waals surface area contributed by atoms with Crippen molar-refractivity contribution in [2.75, 3.05) is 5.75 Å². The highest BCUT2D eigenvalue weighted by molar-refractivity contribution is 7.87. The van der Waals surface area contributed by atoms with E-state index in [1.165, 1.54) is 0 Å². The molecule has 1 aliphatic heterocycles. The van der Waals surface area contributed by atoms with Crippen LogP contribution >= 0.6 is 0 Å². The molecule has 0 saturated carbocycles. The van der Waals surface area contributed by atoms with Crippen LogP contribution < -0.4 is 4.18 Å². The summed E-state index contributed by atoms with van der Waals surface area (Å²) in [6.07, 6.45) is 3.39. The fourth-order valence-electron chi connectivity index (χ4n) is 2.08. The van der Waals surface area contributed by atoms with Gasteiger partial charge in [-0.25, -0.2) is 0 Å². The van der Waals surface area contributed by atoms with E-state index in [0.717, 1.165) is 16.7 Å². The molecular formula is C15H12O3S. The molecule has 0 N–H and O–H groups in total. The SMILES string of the molecule is O=S1(=O)CC=Cc2cccc(-c3ccccc3)c2O1. The van der Waals surface area contributed by atoms with Gasteiger partial charge in [0.25, 0.3) is 0 Å². The molecule has 1 heterocycles. The topological polar surface area (TPSA) is 43.4 Å². The lowest BCUT2D eigenvalue weighted by Gasteiger charge is -2.11. The Labute approximate surface area is 112 Å². The molecule has 0 unspecified atom stereocenters. The number of hydrogen-bond acceptors (Lipinski definition) is 3. The van der Waals surface area contributed by atoms with Crippen LogP contribution in [0.25, 0.3) is 17.2 Å². The van der Waals surface area contributed by atoms with Gasteiger partial charge in [-0.3, -0.25) is 0 Å². The van der Waals surface area contributed by atoms with E-state index in [-0.39, 0.29) is 5.75 Å². The van der Waals surface area contributed by atoms with Crippen molar-refractivity contribution in [3.05, 3.63) is 60.2 Å². The van der Waals surface area contributed by atoms with Crippen LogP contribution in [0.15, 0.2) is 54.6 Å². The zero-order chi connectivity index (χ0) is 13.3. The molecule has 0 bridgehead atoms. The van der Waals surface area contributed by atoms with Crippen molar-refractivity contribution < 1.29 is 12.6 Å². The molecule has 3 nitrogen and oxygen atoms in total. The van der Waals surface area contributed by atoms with E-state index in [1.54, 1.807) is 12.2 Å². The quantitative estimate of drug-likeness (QED) is 0.749. The van der Waals surface area contributed by atoms with Gasteiger partial charge < -0.3 is 4.18 Å². The lowest BCUT2D eigenvalue weighted by atomic mass is 10.0. The second kappa shape index (κ2) is 4.55. The smallest absolute Gasteiger partial charge is 0.312 e. The number of fused-ring (bicyclic) bond motifs is 1. The van der Waals surface area contributed by atoms with Crippen LogP contribution in [0.1, 0.15) is 5.56 Å². The summed E-state index contributed by atoms with van der Waals surface area (Å²) in [7, 11) is -3.55. The number of rotatable bonds is 1. The van der Waals surface area contributed by atoms with Crippen molar-refractivity contribution >= 4 is 16.2 Å². The molecule has 0 fully saturated rings. The third kappa shape index (κ3) is 2.39. The van der Waals surface area contributed by atoms with Gasteiger partial charge in [0.1, 0.15) is 5.75 Å². The first-order valence-electron chi connectivity index (χ1n) is 5.93. The Morgan fingerprint density at radius 1 is 0.947 bits per heavy atom. The van der Waals surface area contributed by atoms with Crippen LogP contribution in [-0.2, 0) is 10.1 Å². The fourth-order valence-corrected chi connectivity index (χ4v) is 2.92. The molecule has 0 saturated heterocycles. The maximum absolute atomic E-state index is 11.7. The average molecular weight is 272 g/mol. The summed E-state index contributed by atoms with van der Waals surface area (Å²) in [6, 6.07) is 15.2. The Morgan fingerprint density at radius 2 is 1.74 bits per heavy atom. The largest absolute Gasteiger partial charge is 0.381 e. The summed E-state index contributed by atoms with van der Waals surface area (Å²) >= 11 is 0. The summed E-state index contributed by atoms with van der Waals surface area (Å²) in [6.45, 7) is 0. The third-order valence-corrected chi connectivity index (χ3v) is 3.96. The molecule has 0 atom stereocenters. The van der Waals surface area contributed by atoms with Crippen molar-refractivity contribution in [2.24, 2.45) is 0 Å².